The number of carbonyl (C=O) groups is 1. The van der Waals surface area contributed by atoms with Gasteiger partial charge in [0.05, 0.1) is 11.4 Å². The number of nitrogens with zero attached hydrogens (tertiary/aromatic N) is 1. The molecule has 1 aromatic carbocycles. The minimum atomic E-state index is 0.131. The maximum Gasteiger partial charge on any atom is 0.227 e. The third kappa shape index (κ3) is 4.60. The van der Waals surface area contributed by atoms with Crippen molar-refractivity contribution in [3.63, 3.8) is 0 Å². The predicted molar refractivity (Wildman–Crippen MR) is 106 cm³/mol. The second-order valence-corrected chi connectivity index (χ2v) is 7.86. The molecule has 2 aromatic rings. The highest BCUT2D eigenvalue weighted by atomic mass is 32.1. The van der Waals surface area contributed by atoms with E-state index in [1.54, 1.807) is 0 Å². The van der Waals surface area contributed by atoms with E-state index in [1.165, 1.54) is 43.4 Å². The van der Waals surface area contributed by atoms with Gasteiger partial charge in [0.1, 0.15) is 0 Å². The summed E-state index contributed by atoms with van der Waals surface area (Å²) in [6.07, 6.45) is 8.27. The predicted octanol–water partition coefficient (Wildman–Crippen LogP) is 5.33. The number of hydrogen-bond acceptors (Lipinski definition) is 4. The Balaban J connectivity index is 1.62. The minimum absolute atomic E-state index is 0.131. The van der Waals surface area contributed by atoms with E-state index in [4.69, 9.17) is 5.73 Å². The van der Waals surface area contributed by atoms with Crippen LogP contribution in [0, 0.1) is 11.8 Å². The van der Waals surface area contributed by atoms with Crippen molar-refractivity contribution < 1.29 is 4.79 Å². The first kappa shape index (κ1) is 17.9. The molecular formula is C20H27N3OS. The smallest absolute Gasteiger partial charge is 0.227 e. The highest BCUT2D eigenvalue weighted by Gasteiger charge is 2.26. The van der Waals surface area contributed by atoms with Crippen molar-refractivity contribution in [1.82, 2.24) is 4.98 Å². The van der Waals surface area contributed by atoms with Gasteiger partial charge in [0.25, 0.3) is 0 Å². The Morgan fingerprint density at radius 3 is 2.72 bits per heavy atom. The number of hydrogen-bond donors (Lipinski definition) is 2. The fourth-order valence-corrected chi connectivity index (χ4v) is 4.23. The second kappa shape index (κ2) is 8.48. The van der Waals surface area contributed by atoms with Gasteiger partial charge in [0, 0.05) is 16.9 Å². The lowest BCUT2D eigenvalue weighted by Crippen LogP contribution is -2.27. The van der Waals surface area contributed by atoms with Crippen LogP contribution in [-0.2, 0) is 4.79 Å². The average Bonchev–Trinajstić information content (AvgIpc) is 3.07. The third-order valence-electron chi connectivity index (χ3n) is 5.17. The van der Waals surface area contributed by atoms with Crippen molar-refractivity contribution in [3.8, 4) is 11.3 Å². The third-order valence-corrected chi connectivity index (χ3v) is 5.84. The van der Waals surface area contributed by atoms with Gasteiger partial charge < -0.3 is 11.1 Å². The molecular weight excluding hydrogens is 330 g/mol. The van der Waals surface area contributed by atoms with Crippen molar-refractivity contribution in [3.05, 3.63) is 29.6 Å². The number of nitrogens with two attached hydrogens (primary N) is 1. The molecule has 5 heteroatoms. The molecule has 1 amide bonds. The molecule has 0 bridgehead atoms. The first-order valence-electron chi connectivity index (χ1n) is 9.28. The number of benzene rings is 1. The maximum atomic E-state index is 12.7. The van der Waals surface area contributed by atoms with Crippen LogP contribution >= 0.6 is 11.3 Å². The molecule has 0 atom stereocenters. The number of amides is 1. The molecule has 4 nitrogen and oxygen atoms in total. The van der Waals surface area contributed by atoms with Crippen molar-refractivity contribution in [2.45, 2.75) is 51.9 Å². The lowest BCUT2D eigenvalue weighted by molar-refractivity contribution is -0.121. The quantitative estimate of drug-likeness (QED) is 0.734. The van der Waals surface area contributed by atoms with Gasteiger partial charge in [0.2, 0.25) is 5.91 Å². The minimum Gasteiger partial charge on any atom is -0.375 e. The Hall–Kier alpha value is -1.88. The van der Waals surface area contributed by atoms with E-state index in [0.717, 1.165) is 35.7 Å². The van der Waals surface area contributed by atoms with Crippen molar-refractivity contribution in [2.24, 2.45) is 11.8 Å². The number of aromatic nitrogens is 1. The molecule has 3 rings (SSSR count). The van der Waals surface area contributed by atoms with Crippen molar-refractivity contribution in [2.75, 3.05) is 11.1 Å². The lowest BCUT2D eigenvalue weighted by atomic mass is 9.79. The Bertz CT molecular complexity index is 704. The van der Waals surface area contributed by atoms with Gasteiger partial charge in [0.15, 0.2) is 5.13 Å². The van der Waals surface area contributed by atoms with Crippen LogP contribution in [0.25, 0.3) is 11.3 Å². The number of nitrogen functional groups attached to an aromatic ring is 1. The fourth-order valence-electron chi connectivity index (χ4n) is 3.67. The fraction of sp³-hybridized carbons (Fsp3) is 0.500. The summed E-state index contributed by atoms with van der Waals surface area (Å²) in [6.45, 7) is 2.24. The molecule has 1 aliphatic rings. The number of para-hydroxylation sites is 1. The number of anilines is 2. The number of carbonyl (C=O) groups excluding carboxylic acids is 1. The van der Waals surface area contributed by atoms with Crippen LogP contribution in [-0.4, -0.2) is 10.9 Å². The number of rotatable bonds is 6. The standard InChI is InChI=1S/C20H27N3OS/c1-2-3-6-14-9-11-15(12-10-14)19(24)22-17-8-5-4-7-16(17)18-13-25-20(21)23-18/h4-5,7-8,13-15H,2-3,6,9-12H2,1H3,(H2,21,23)(H,22,24). The summed E-state index contributed by atoms with van der Waals surface area (Å²) in [5, 5.41) is 5.60. The van der Waals surface area contributed by atoms with Crippen molar-refractivity contribution in [1.29, 1.82) is 0 Å². The van der Waals surface area contributed by atoms with Crippen LogP contribution in [0.2, 0.25) is 0 Å². The highest BCUT2D eigenvalue weighted by molar-refractivity contribution is 7.13. The van der Waals surface area contributed by atoms with Crippen LogP contribution in [0.3, 0.4) is 0 Å². The molecule has 134 valence electrons. The topological polar surface area (TPSA) is 68.0 Å². The SMILES string of the molecule is CCCCC1CCC(C(=O)Nc2ccccc2-c2csc(N)n2)CC1. The molecule has 25 heavy (non-hydrogen) atoms. The maximum absolute atomic E-state index is 12.7. The van der Waals surface area contributed by atoms with E-state index in [9.17, 15) is 4.79 Å². The van der Waals surface area contributed by atoms with Gasteiger partial charge in [-0.15, -0.1) is 11.3 Å². The Labute approximate surface area is 153 Å². The molecule has 0 saturated heterocycles. The number of nitrogens with one attached hydrogen (secondary N) is 1. The highest BCUT2D eigenvalue weighted by Crippen LogP contribution is 2.34. The largest absolute Gasteiger partial charge is 0.375 e. The average molecular weight is 358 g/mol. The summed E-state index contributed by atoms with van der Waals surface area (Å²) in [5.74, 6) is 1.09. The molecule has 0 radical (unpaired) electrons. The lowest BCUT2D eigenvalue weighted by Gasteiger charge is -2.28. The normalized spacial score (nSPS) is 20.4. The Morgan fingerprint density at radius 2 is 2.04 bits per heavy atom. The summed E-state index contributed by atoms with van der Waals surface area (Å²) in [4.78, 5) is 17.1. The molecule has 1 heterocycles. The second-order valence-electron chi connectivity index (χ2n) is 6.97. The van der Waals surface area contributed by atoms with Gasteiger partial charge >= 0.3 is 0 Å². The van der Waals surface area contributed by atoms with E-state index in [2.05, 4.69) is 17.2 Å². The van der Waals surface area contributed by atoms with Crippen LogP contribution < -0.4 is 11.1 Å². The zero-order valence-electron chi connectivity index (χ0n) is 14.8. The van der Waals surface area contributed by atoms with E-state index < -0.39 is 0 Å². The van der Waals surface area contributed by atoms with Gasteiger partial charge in [-0.3, -0.25) is 4.79 Å². The summed E-state index contributed by atoms with van der Waals surface area (Å²) < 4.78 is 0. The number of thiazole rings is 1. The van der Waals surface area contributed by atoms with Gasteiger partial charge in [-0.05, 0) is 37.7 Å². The van der Waals surface area contributed by atoms with Crippen LogP contribution in [0.5, 0.6) is 0 Å². The molecule has 1 aliphatic carbocycles. The Morgan fingerprint density at radius 1 is 1.28 bits per heavy atom. The van der Waals surface area contributed by atoms with Gasteiger partial charge in [-0.2, -0.15) is 0 Å². The summed E-state index contributed by atoms with van der Waals surface area (Å²) >= 11 is 1.42. The van der Waals surface area contributed by atoms with E-state index in [0.29, 0.717) is 5.13 Å². The van der Waals surface area contributed by atoms with E-state index in [-0.39, 0.29) is 11.8 Å². The summed E-state index contributed by atoms with van der Waals surface area (Å²) in [6, 6.07) is 7.82. The molecule has 0 spiro atoms. The summed E-state index contributed by atoms with van der Waals surface area (Å²) in [7, 11) is 0. The first-order chi connectivity index (χ1) is 12.2. The van der Waals surface area contributed by atoms with E-state index in [1.807, 2.05) is 29.6 Å². The molecule has 1 aromatic heterocycles. The molecule has 3 N–H and O–H groups in total. The first-order valence-corrected chi connectivity index (χ1v) is 10.2. The Kier molecular flexibility index (Phi) is 6.08. The molecule has 0 unspecified atom stereocenters. The van der Waals surface area contributed by atoms with Crippen LogP contribution in [0.1, 0.15) is 51.9 Å². The monoisotopic (exact) mass is 357 g/mol. The zero-order valence-corrected chi connectivity index (χ0v) is 15.6. The number of unbranched alkanes of at least 4 members (excludes halogenated alkanes) is 1. The van der Waals surface area contributed by atoms with Crippen LogP contribution in [0.15, 0.2) is 29.6 Å². The zero-order chi connectivity index (χ0) is 17.6. The molecule has 1 saturated carbocycles. The summed E-state index contributed by atoms with van der Waals surface area (Å²) in [5.41, 5.74) is 8.33. The molecule has 1 fully saturated rings. The van der Waals surface area contributed by atoms with E-state index >= 15 is 0 Å². The van der Waals surface area contributed by atoms with Gasteiger partial charge in [-0.25, -0.2) is 4.98 Å². The van der Waals surface area contributed by atoms with Gasteiger partial charge in [-0.1, -0.05) is 44.4 Å². The van der Waals surface area contributed by atoms with Crippen molar-refractivity contribution >= 4 is 28.1 Å². The van der Waals surface area contributed by atoms with Crippen LogP contribution in [0.4, 0.5) is 10.8 Å². The molecule has 0 aliphatic heterocycles.